The van der Waals surface area contributed by atoms with Gasteiger partial charge in [0, 0.05) is 12.6 Å². The largest absolute Gasteiger partial charge is 0.495 e. The van der Waals surface area contributed by atoms with Crippen LogP contribution >= 0.6 is 0 Å². The first kappa shape index (κ1) is 19.0. The van der Waals surface area contributed by atoms with Gasteiger partial charge in [-0.25, -0.2) is 4.79 Å². The van der Waals surface area contributed by atoms with E-state index in [0.29, 0.717) is 22.7 Å². The quantitative estimate of drug-likeness (QED) is 0.776. The minimum absolute atomic E-state index is 0.236. The number of amides is 2. The van der Waals surface area contributed by atoms with Crippen LogP contribution in [0.4, 0.5) is 11.4 Å². The highest BCUT2D eigenvalue weighted by atomic mass is 16.5. The van der Waals surface area contributed by atoms with Gasteiger partial charge in [0.05, 0.1) is 18.4 Å². The van der Waals surface area contributed by atoms with Crippen LogP contribution in [-0.2, 0) is 14.3 Å². The van der Waals surface area contributed by atoms with E-state index in [0.717, 1.165) is 5.56 Å². The van der Waals surface area contributed by atoms with E-state index in [1.807, 2.05) is 6.07 Å². The van der Waals surface area contributed by atoms with E-state index >= 15 is 0 Å². The SMILES string of the molecule is COc1ccc(NC(C)=O)cc1NC(=O)COC(=O)c1ccccc1C. The van der Waals surface area contributed by atoms with Gasteiger partial charge in [0.25, 0.3) is 5.91 Å². The number of carbonyl (C=O) groups excluding carboxylic acids is 3. The summed E-state index contributed by atoms with van der Waals surface area (Å²) in [5.74, 6) is -0.917. The van der Waals surface area contributed by atoms with Crippen LogP contribution in [-0.4, -0.2) is 31.5 Å². The molecular formula is C19H20N2O5. The third-order valence-corrected chi connectivity index (χ3v) is 3.49. The number of nitrogens with one attached hydrogen (secondary N) is 2. The molecule has 0 aromatic heterocycles. The number of esters is 1. The molecule has 0 aliphatic rings. The number of ether oxygens (including phenoxy) is 2. The summed E-state index contributed by atoms with van der Waals surface area (Å²) in [6, 6.07) is 11.8. The molecule has 0 saturated carbocycles. The Kier molecular flexibility index (Phi) is 6.32. The zero-order chi connectivity index (χ0) is 19.1. The van der Waals surface area contributed by atoms with Gasteiger partial charge in [-0.1, -0.05) is 18.2 Å². The van der Waals surface area contributed by atoms with Gasteiger partial charge in [-0.2, -0.15) is 0 Å². The fourth-order valence-corrected chi connectivity index (χ4v) is 2.28. The number of hydrogen-bond donors (Lipinski definition) is 2. The smallest absolute Gasteiger partial charge is 0.338 e. The highest BCUT2D eigenvalue weighted by molar-refractivity contribution is 5.98. The molecule has 0 radical (unpaired) electrons. The lowest BCUT2D eigenvalue weighted by Crippen LogP contribution is -2.21. The van der Waals surface area contributed by atoms with Gasteiger partial charge in [-0.05, 0) is 36.8 Å². The maximum absolute atomic E-state index is 12.1. The molecule has 0 aliphatic heterocycles. The second-order valence-electron chi connectivity index (χ2n) is 5.54. The van der Waals surface area contributed by atoms with E-state index in [1.165, 1.54) is 14.0 Å². The van der Waals surface area contributed by atoms with Crippen LogP contribution in [0.2, 0.25) is 0 Å². The van der Waals surface area contributed by atoms with E-state index in [9.17, 15) is 14.4 Å². The average Bonchev–Trinajstić information content (AvgIpc) is 2.60. The van der Waals surface area contributed by atoms with E-state index in [4.69, 9.17) is 9.47 Å². The van der Waals surface area contributed by atoms with Gasteiger partial charge < -0.3 is 20.1 Å². The van der Waals surface area contributed by atoms with Crippen molar-refractivity contribution in [3.8, 4) is 5.75 Å². The Balaban J connectivity index is 2.02. The second kappa shape index (κ2) is 8.66. The van der Waals surface area contributed by atoms with Crippen LogP contribution in [0, 0.1) is 6.92 Å². The topological polar surface area (TPSA) is 93.7 Å². The number of anilines is 2. The maximum atomic E-state index is 12.1. The van der Waals surface area contributed by atoms with Crippen LogP contribution in [0.1, 0.15) is 22.8 Å². The monoisotopic (exact) mass is 356 g/mol. The number of rotatable bonds is 6. The molecule has 0 heterocycles. The van der Waals surface area contributed by atoms with E-state index in [-0.39, 0.29) is 5.91 Å². The predicted molar refractivity (Wildman–Crippen MR) is 97.4 cm³/mol. The molecule has 0 spiro atoms. The Morgan fingerprint density at radius 1 is 1.04 bits per heavy atom. The Hall–Kier alpha value is -3.35. The van der Waals surface area contributed by atoms with Crippen LogP contribution in [0.3, 0.4) is 0 Å². The predicted octanol–water partition coefficient (Wildman–Crippen LogP) is 2.76. The lowest BCUT2D eigenvalue weighted by molar-refractivity contribution is -0.119. The molecule has 2 aromatic rings. The molecule has 0 bridgehead atoms. The number of methoxy groups -OCH3 is 1. The molecule has 2 aromatic carbocycles. The minimum atomic E-state index is -0.572. The summed E-state index contributed by atoms with van der Waals surface area (Å²) < 4.78 is 10.2. The van der Waals surface area contributed by atoms with E-state index < -0.39 is 18.5 Å². The lowest BCUT2D eigenvalue weighted by atomic mass is 10.1. The normalized spacial score (nSPS) is 9.96. The molecule has 0 aliphatic carbocycles. The first-order chi connectivity index (χ1) is 12.4. The van der Waals surface area contributed by atoms with E-state index in [1.54, 1.807) is 43.3 Å². The van der Waals surface area contributed by atoms with Crippen LogP contribution in [0.25, 0.3) is 0 Å². The lowest BCUT2D eigenvalue weighted by Gasteiger charge is -2.13. The van der Waals surface area contributed by atoms with Crippen molar-refractivity contribution in [2.75, 3.05) is 24.4 Å². The molecule has 0 saturated heterocycles. The number of carbonyl (C=O) groups is 3. The van der Waals surface area contributed by atoms with Crippen molar-refractivity contribution >= 4 is 29.2 Å². The van der Waals surface area contributed by atoms with Crippen molar-refractivity contribution in [2.24, 2.45) is 0 Å². The minimum Gasteiger partial charge on any atom is -0.495 e. The third kappa shape index (κ3) is 5.07. The van der Waals surface area contributed by atoms with Crippen molar-refractivity contribution in [1.29, 1.82) is 0 Å². The molecule has 7 heteroatoms. The third-order valence-electron chi connectivity index (χ3n) is 3.49. The summed E-state index contributed by atoms with van der Waals surface area (Å²) in [5.41, 5.74) is 2.04. The van der Waals surface area contributed by atoms with Gasteiger partial charge in [0.2, 0.25) is 5.91 Å². The number of aryl methyl sites for hydroxylation is 1. The zero-order valence-corrected chi connectivity index (χ0v) is 14.8. The molecule has 2 rings (SSSR count). The molecule has 0 fully saturated rings. The Bertz CT molecular complexity index is 832. The van der Waals surface area contributed by atoms with Crippen molar-refractivity contribution in [3.63, 3.8) is 0 Å². The van der Waals surface area contributed by atoms with Gasteiger partial charge in [0.15, 0.2) is 6.61 Å². The summed E-state index contributed by atoms with van der Waals surface area (Å²) in [4.78, 5) is 35.3. The second-order valence-corrected chi connectivity index (χ2v) is 5.54. The van der Waals surface area contributed by atoms with Crippen LogP contribution in [0.5, 0.6) is 5.75 Å². The van der Waals surface area contributed by atoms with Crippen LogP contribution < -0.4 is 15.4 Å². The molecular weight excluding hydrogens is 336 g/mol. The average molecular weight is 356 g/mol. The standard InChI is InChI=1S/C19H20N2O5/c1-12-6-4-5-7-15(12)19(24)26-11-18(23)21-16-10-14(20-13(2)22)8-9-17(16)25-3/h4-10H,11H2,1-3H3,(H,20,22)(H,21,23). The molecule has 2 N–H and O–H groups in total. The van der Waals surface area contributed by atoms with Gasteiger partial charge in [0.1, 0.15) is 5.75 Å². The fraction of sp³-hybridized carbons (Fsp3) is 0.211. The summed E-state index contributed by atoms with van der Waals surface area (Å²) in [6.07, 6.45) is 0. The Morgan fingerprint density at radius 2 is 1.77 bits per heavy atom. The first-order valence-electron chi connectivity index (χ1n) is 7.89. The van der Waals surface area contributed by atoms with Crippen molar-refractivity contribution in [1.82, 2.24) is 0 Å². The van der Waals surface area contributed by atoms with Crippen molar-refractivity contribution < 1.29 is 23.9 Å². The van der Waals surface area contributed by atoms with Gasteiger partial charge in [-0.15, -0.1) is 0 Å². The van der Waals surface area contributed by atoms with Gasteiger partial charge in [-0.3, -0.25) is 9.59 Å². The highest BCUT2D eigenvalue weighted by Gasteiger charge is 2.14. The molecule has 26 heavy (non-hydrogen) atoms. The first-order valence-corrected chi connectivity index (χ1v) is 7.89. The highest BCUT2D eigenvalue weighted by Crippen LogP contribution is 2.27. The number of hydrogen-bond acceptors (Lipinski definition) is 5. The Morgan fingerprint density at radius 3 is 2.42 bits per heavy atom. The summed E-state index contributed by atoms with van der Waals surface area (Å²) in [6.45, 7) is 2.73. The molecule has 0 unspecified atom stereocenters. The number of benzene rings is 2. The van der Waals surface area contributed by atoms with Crippen molar-refractivity contribution in [2.45, 2.75) is 13.8 Å². The Labute approximate surface area is 151 Å². The summed E-state index contributed by atoms with van der Waals surface area (Å²) in [7, 11) is 1.46. The molecule has 2 amide bonds. The summed E-state index contributed by atoms with van der Waals surface area (Å²) >= 11 is 0. The zero-order valence-electron chi connectivity index (χ0n) is 14.8. The summed E-state index contributed by atoms with van der Waals surface area (Å²) in [5, 5.41) is 5.22. The molecule has 0 atom stereocenters. The van der Waals surface area contributed by atoms with Crippen molar-refractivity contribution in [3.05, 3.63) is 53.6 Å². The molecule has 7 nitrogen and oxygen atoms in total. The maximum Gasteiger partial charge on any atom is 0.338 e. The van der Waals surface area contributed by atoms with Crippen LogP contribution in [0.15, 0.2) is 42.5 Å². The van der Waals surface area contributed by atoms with Gasteiger partial charge >= 0.3 is 5.97 Å². The van der Waals surface area contributed by atoms with E-state index in [2.05, 4.69) is 10.6 Å². The fourth-order valence-electron chi connectivity index (χ4n) is 2.28. The molecule has 136 valence electrons.